The number of carbonyl (C=O) groups is 1. The van der Waals surface area contributed by atoms with E-state index in [1.54, 1.807) is 4.90 Å². The average Bonchev–Trinajstić information content (AvgIpc) is 2.75. The Balaban J connectivity index is 2.37. The molecule has 2 aliphatic heterocycles. The Kier molecular flexibility index (Phi) is 3.93. The zero-order valence-corrected chi connectivity index (χ0v) is 11.9. The van der Waals surface area contributed by atoms with E-state index in [9.17, 15) is 4.79 Å². The van der Waals surface area contributed by atoms with Crippen LogP contribution >= 0.6 is 0 Å². The molecule has 2 aliphatic rings. The highest BCUT2D eigenvalue weighted by Crippen LogP contribution is 2.43. The monoisotopic (exact) mass is 258 g/mol. The summed E-state index contributed by atoms with van der Waals surface area (Å²) in [6.07, 6.45) is 12.4. The summed E-state index contributed by atoms with van der Waals surface area (Å²) >= 11 is 0. The van der Waals surface area contributed by atoms with Crippen molar-refractivity contribution in [1.29, 1.82) is 0 Å². The molecule has 2 heterocycles. The van der Waals surface area contributed by atoms with Crippen LogP contribution in [0, 0.1) is 5.41 Å². The zero-order valence-electron chi connectivity index (χ0n) is 11.9. The maximum absolute atomic E-state index is 10.8. The second-order valence-electron chi connectivity index (χ2n) is 5.45. The number of amides is 1. The minimum atomic E-state index is 0.0350. The smallest absolute Gasteiger partial charge is 0.213 e. The molecule has 2 rings (SSSR count). The molecule has 0 aromatic carbocycles. The summed E-state index contributed by atoms with van der Waals surface area (Å²) in [4.78, 5) is 12.5. The van der Waals surface area contributed by atoms with Crippen LogP contribution in [0.2, 0.25) is 0 Å². The fourth-order valence-electron chi connectivity index (χ4n) is 2.66. The van der Waals surface area contributed by atoms with Crippen molar-refractivity contribution in [2.45, 2.75) is 27.2 Å². The lowest BCUT2D eigenvalue weighted by atomic mass is 9.77. The number of carbonyl (C=O) groups excluding carboxylic acids is 1. The molecule has 0 aromatic rings. The van der Waals surface area contributed by atoms with Crippen LogP contribution in [-0.4, -0.2) is 24.4 Å². The second kappa shape index (κ2) is 5.47. The maximum atomic E-state index is 10.8. The van der Waals surface area contributed by atoms with Gasteiger partial charge in [0.1, 0.15) is 0 Å². The Bertz CT molecular complexity index is 481. The summed E-state index contributed by atoms with van der Waals surface area (Å²) in [5, 5.41) is 3.48. The minimum Gasteiger partial charge on any atom is -0.384 e. The van der Waals surface area contributed by atoms with Crippen molar-refractivity contribution in [3.05, 3.63) is 47.3 Å². The van der Waals surface area contributed by atoms with Gasteiger partial charge in [0.2, 0.25) is 6.41 Å². The van der Waals surface area contributed by atoms with Gasteiger partial charge in [-0.2, -0.15) is 0 Å². The number of rotatable bonds is 2. The van der Waals surface area contributed by atoms with Crippen LogP contribution in [0.15, 0.2) is 47.3 Å². The quantitative estimate of drug-likeness (QED) is 0.772. The van der Waals surface area contributed by atoms with E-state index in [1.165, 1.54) is 16.8 Å². The van der Waals surface area contributed by atoms with Gasteiger partial charge >= 0.3 is 0 Å². The van der Waals surface area contributed by atoms with Crippen molar-refractivity contribution < 1.29 is 4.79 Å². The van der Waals surface area contributed by atoms with Crippen molar-refractivity contribution in [2.24, 2.45) is 5.41 Å². The molecular weight excluding hydrogens is 236 g/mol. The molecular formula is C16H22N2O. The van der Waals surface area contributed by atoms with Gasteiger partial charge in [0.05, 0.1) is 0 Å². The van der Waals surface area contributed by atoms with Gasteiger partial charge in [-0.05, 0) is 32.8 Å². The second-order valence-corrected chi connectivity index (χ2v) is 5.45. The summed E-state index contributed by atoms with van der Waals surface area (Å²) in [5.74, 6) is 0. The summed E-state index contributed by atoms with van der Waals surface area (Å²) < 4.78 is 0. The zero-order chi connectivity index (χ0) is 13.9. The van der Waals surface area contributed by atoms with Gasteiger partial charge in [-0.3, -0.25) is 4.79 Å². The van der Waals surface area contributed by atoms with Crippen molar-refractivity contribution in [3.63, 3.8) is 0 Å². The van der Waals surface area contributed by atoms with E-state index in [0.29, 0.717) is 0 Å². The predicted molar refractivity (Wildman–Crippen MR) is 78.2 cm³/mol. The van der Waals surface area contributed by atoms with Crippen molar-refractivity contribution in [3.8, 4) is 0 Å². The molecule has 1 amide bonds. The van der Waals surface area contributed by atoms with Crippen LogP contribution in [0.3, 0.4) is 0 Å². The molecule has 19 heavy (non-hydrogen) atoms. The highest BCUT2D eigenvalue weighted by molar-refractivity contribution is 5.52. The van der Waals surface area contributed by atoms with Gasteiger partial charge < -0.3 is 10.2 Å². The van der Waals surface area contributed by atoms with Crippen LogP contribution in [0.25, 0.3) is 0 Å². The van der Waals surface area contributed by atoms with Crippen LogP contribution in [0.1, 0.15) is 27.2 Å². The van der Waals surface area contributed by atoms with E-state index in [1.807, 2.05) is 6.20 Å². The predicted octanol–water partition coefficient (Wildman–Crippen LogP) is 2.75. The van der Waals surface area contributed by atoms with Crippen LogP contribution < -0.4 is 5.32 Å². The average molecular weight is 258 g/mol. The number of allylic oxidation sites excluding steroid dienone is 5. The molecule has 0 saturated carbocycles. The number of nitrogens with one attached hydrogen (secondary N) is 1. The fraction of sp³-hybridized carbons (Fsp3) is 0.438. The largest absolute Gasteiger partial charge is 0.384 e. The van der Waals surface area contributed by atoms with Gasteiger partial charge in [-0.1, -0.05) is 29.9 Å². The molecule has 0 aromatic heterocycles. The van der Waals surface area contributed by atoms with E-state index >= 15 is 0 Å². The minimum absolute atomic E-state index is 0.0350. The lowest BCUT2D eigenvalue weighted by molar-refractivity contribution is -0.116. The van der Waals surface area contributed by atoms with E-state index in [4.69, 9.17) is 0 Å². The number of nitrogens with zero attached hydrogens (tertiary/aromatic N) is 1. The first-order valence-electron chi connectivity index (χ1n) is 6.78. The van der Waals surface area contributed by atoms with Gasteiger partial charge in [-0.25, -0.2) is 0 Å². The lowest BCUT2D eigenvalue weighted by Crippen LogP contribution is -2.33. The topological polar surface area (TPSA) is 32.3 Å². The van der Waals surface area contributed by atoms with E-state index < -0.39 is 0 Å². The number of hydrogen-bond donors (Lipinski definition) is 1. The van der Waals surface area contributed by atoms with Gasteiger partial charge in [0, 0.05) is 30.4 Å². The molecule has 102 valence electrons. The van der Waals surface area contributed by atoms with Gasteiger partial charge in [0.25, 0.3) is 0 Å². The van der Waals surface area contributed by atoms with E-state index in [2.05, 4.69) is 50.4 Å². The van der Waals surface area contributed by atoms with Gasteiger partial charge in [-0.15, -0.1) is 0 Å². The molecule has 1 N–H and O–H groups in total. The molecule has 1 atom stereocenters. The van der Waals surface area contributed by atoms with E-state index in [-0.39, 0.29) is 5.41 Å². The highest BCUT2D eigenvalue weighted by Gasteiger charge is 2.40. The van der Waals surface area contributed by atoms with E-state index in [0.717, 1.165) is 25.9 Å². The third-order valence-electron chi connectivity index (χ3n) is 3.83. The summed E-state index contributed by atoms with van der Waals surface area (Å²) in [6.45, 7) is 7.96. The van der Waals surface area contributed by atoms with Crippen LogP contribution in [0.5, 0.6) is 0 Å². The van der Waals surface area contributed by atoms with Crippen molar-refractivity contribution in [2.75, 3.05) is 13.1 Å². The Hall–Kier alpha value is -1.77. The standard InChI is InChI=1S/C16H22N2O/c1-4-15-14(6-5-13(2)3)16(11-17-15)7-9-18(12-19)10-8-16/h4-7,9,12,17H,8,10-11H2,1-3H3/b14-6+,15-4+. The maximum Gasteiger partial charge on any atom is 0.213 e. The molecule has 3 heteroatoms. The Morgan fingerprint density at radius 2 is 2.26 bits per heavy atom. The lowest BCUT2D eigenvalue weighted by Gasteiger charge is -2.32. The number of hydrogen-bond acceptors (Lipinski definition) is 2. The first-order chi connectivity index (χ1) is 9.11. The molecule has 1 fully saturated rings. The molecule has 3 nitrogen and oxygen atoms in total. The normalized spacial score (nSPS) is 29.9. The summed E-state index contributed by atoms with van der Waals surface area (Å²) in [5.41, 5.74) is 3.87. The summed E-state index contributed by atoms with van der Waals surface area (Å²) in [6, 6.07) is 0. The fourth-order valence-corrected chi connectivity index (χ4v) is 2.66. The third kappa shape index (κ3) is 2.65. The Labute approximate surface area is 115 Å². The Morgan fingerprint density at radius 1 is 1.47 bits per heavy atom. The molecule has 1 saturated heterocycles. The first-order valence-corrected chi connectivity index (χ1v) is 6.78. The molecule has 1 unspecified atom stereocenters. The molecule has 1 spiro atoms. The van der Waals surface area contributed by atoms with Gasteiger partial charge in [0.15, 0.2) is 0 Å². The third-order valence-corrected chi connectivity index (χ3v) is 3.83. The molecule has 0 aliphatic carbocycles. The SMILES string of the molecule is C/C=C1/NCC2(C=CN(C=O)CC2)/C1=C/C=C(C)C. The molecule has 0 bridgehead atoms. The van der Waals surface area contributed by atoms with Crippen molar-refractivity contribution >= 4 is 6.41 Å². The summed E-state index contributed by atoms with van der Waals surface area (Å²) in [7, 11) is 0. The van der Waals surface area contributed by atoms with Crippen LogP contribution in [-0.2, 0) is 4.79 Å². The highest BCUT2D eigenvalue weighted by atomic mass is 16.1. The molecule has 0 radical (unpaired) electrons. The van der Waals surface area contributed by atoms with Crippen LogP contribution in [0.4, 0.5) is 0 Å². The first kappa shape index (κ1) is 13.7. The Morgan fingerprint density at radius 3 is 2.79 bits per heavy atom. The van der Waals surface area contributed by atoms with Crippen molar-refractivity contribution in [1.82, 2.24) is 10.2 Å².